The van der Waals surface area contributed by atoms with Crippen LogP contribution in [0.4, 0.5) is 0 Å². The highest BCUT2D eigenvalue weighted by Gasteiger charge is 2.22. The number of methoxy groups -OCH3 is 1. The zero-order chi connectivity index (χ0) is 20.4. The Hall–Kier alpha value is -2.54. The normalized spacial score (nSPS) is 15.0. The van der Waals surface area contributed by atoms with Gasteiger partial charge in [0.25, 0.3) is 5.91 Å². The number of carbonyl (C=O) groups excluding carboxylic acids is 1. The number of thiocarbonyl (C=S) groups is 1. The fourth-order valence-electron chi connectivity index (χ4n) is 3.10. The largest absolute Gasteiger partial charge is 0.493 e. The summed E-state index contributed by atoms with van der Waals surface area (Å²) < 4.78 is 12.0. The molecule has 1 aliphatic rings. The van der Waals surface area contributed by atoms with E-state index in [1.807, 2.05) is 24.3 Å². The van der Waals surface area contributed by atoms with E-state index in [9.17, 15) is 4.79 Å². The number of ether oxygens (including phenoxy) is 2. The smallest absolute Gasteiger partial charge is 0.263 e. The van der Waals surface area contributed by atoms with Crippen molar-refractivity contribution in [3.05, 3.63) is 75.7 Å². The molecule has 0 spiro atoms. The van der Waals surface area contributed by atoms with Crippen LogP contribution in [0.3, 0.4) is 0 Å². The monoisotopic (exact) mass is 441 g/mol. The fraction of sp³-hybridized carbons (Fsp3) is 0.0909. The number of amides is 1. The van der Waals surface area contributed by atoms with Crippen molar-refractivity contribution in [2.24, 2.45) is 0 Å². The van der Waals surface area contributed by atoms with Crippen LogP contribution >= 0.6 is 35.6 Å². The van der Waals surface area contributed by atoms with Crippen LogP contribution in [0.5, 0.6) is 11.5 Å². The van der Waals surface area contributed by atoms with Gasteiger partial charge in [-0.1, -0.05) is 78.0 Å². The summed E-state index contributed by atoms with van der Waals surface area (Å²) in [6.07, 6.45) is 1.72. The molecule has 1 N–H and O–H groups in total. The van der Waals surface area contributed by atoms with E-state index in [0.29, 0.717) is 32.4 Å². The summed E-state index contributed by atoms with van der Waals surface area (Å²) >= 11 is 12.7. The molecule has 3 aromatic carbocycles. The molecule has 0 bridgehead atoms. The molecule has 1 aliphatic heterocycles. The van der Waals surface area contributed by atoms with Crippen molar-refractivity contribution in [3.8, 4) is 11.5 Å². The minimum Gasteiger partial charge on any atom is -0.493 e. The molecule has 3 aromatic rings. The van der Waals surface area contributed by atoms with Crippen LogP contribution in [-0.2, 0) is 11.4 Å². The number of hydrogen-bond donors (Lipinski definition) is 1. The van der Waals surface area contributed by atoms with Crippen molar-refractivity contribution in [1.82, 2.24) is 5.32 Å². The van der Waals surface area contributed by atoms with Gasteiger partial charge in [-0.25, -0.2) is 0 Å². The first kappa shape index (κ1) is 19.8. The molecule has 0 unspecified atom stereocenters. The van der Waals surface area contributed by atoms with Crippen molar-refractivity contribution >= 4 is 62.7 Å². The number of halogens is 1. The van der Waals surface area contributed by atoms with Gasteiger partial charge in [0.2, 0.25) is 0 Å². The Bertz CT molecular complexity index is 1150. The Kier molecular flexibility index (Phi) is 5.76. The van der Waals surface area contributed by atoms with Crippen molar-refractivity contribution in [1.29, 1.82) is 0 Å². The first-order chi connectivity index (χ1) is 14.0. The van der Waals surface area contributed by atoms with E-state index in [1.165, 1.54) is 11.8 Å². The number of nitrogens with one attached hydrogen (secondary N) is 1. The maximum Gasteiger partial charge on any atom is 0.263 e. The van der Waals surface area contributed by atoms with Gasteiger partial charge in [0.05, 0.1) is 17.0 Å². The number of hydrogen-bond acceptors (Lipinski definition) is 5. The average Bonchev–Trinajstić information content (AvgIpc) is 3.03. The van der Waals surface area contributed by atoms with Crippen molar-refractivity contribution in [2.45, 2.75) is 6.61 Å². The molecule has 7 heteroatoms. The first-order valence-electron chi connectivity index (χ1n) is 8.77. The molecule has 1 heterocycles. The van der Waals surface area contributed by atoms with Crippen molar-refractivity contribution in [3.63, 3.8) is 0 Å². The third-order valence-electron chi connectivity index (χ3n) is 4.44. The van der Waals surface area contributed by atoms with Crippen molar-refractivity contribution < 1.29 is 14.3 Å². The lowest BCUT2D eigenvalue weighted by atomic mass is 10.1. The Morgan fingerprint density at radius 2 is 1.97 bits per heavy atom. The molecule has 0 aliphatic carbocycles. The summed E-state index contributed by atoms with van der Waals surface area (Å²) in [5, 5.41) is 5.28. The minimum atomic E-state index is -0.216. The van der Waals surface area contributed by atoms with E-state index in [0.717, 1.165) is 21.9 Å². The van der Waals surface area contributed by atoms with Gasteiger partial charge in [0, 0.05) is 0 Å². The van der Waals surface area contributed by atoms with Crippen molar-refractivity contribution in [2.75, 3.05) is 7.11 Å². The van der Waals surface area contributed by atoms with E-state index in [4.69, 9.17) is 33.3 Å². The zero-order valence-corrected chi connectivity index (χ0v) is 17.8. The van der Waals surface area contributed by atoms with E-state index in [1.54, 1.807) is 25.3 Å². The highest BCUT2D eigenvalue weighted by atomic mass is 35.5. The Morgan fingerprint density at radius 1 is 1.17 bits per heavy atom. The molecule has 0 radical (unpaired) electrons. The highest BCUT2D eigenvalue weighted by Crippen LogP contribution is 2.38. The lowest BCUT2D eigenvalue weighted by Gasteiger charge is -2.14. The van der Waals surface area contributed by atoms with Gasteiger partial charge in [-0.05, 0) is 40.1 Å². The molecule has 0 atom stereocenters. The molecule has 1 amide bonds. The standard InChI is InChI=1S/C22H16ClNO3S2/c1-26-18-10-13(11-19-21(25)24-22(28)29-19)9-17(23)20(18)27-12-15-7-4-6-14-5-2-3-8-16(14)15/h2-11H,12H2,1H3,(H,24,25,28)/b19-11-. The average molecular weight is 442 g/mol. The summed E-state index contributed by atoms with van der Waals surface area (Å²) in [5.41, 5.74) is 1.78. The van der Waals surface area contributed by atoms with Crippen LogP contribution in [0.15, 0.2) is 59.5 Å². The van der Waals surface area contributed by atoms with Gasteiger partial charge in [-0.2, -0.15) is 0 Å². The summed E-state index contributed by atoms with van der Waals surface area (Å²) in [7, 11) is 1.56. The molecule has 0 saturated carbocycles. The number of thioether (sulfide) groups is 1. The second kappa shape index (κ2) is 8.45. The summed E-state index contributed by atoms with van der Waals surface area (Å²) in [4.78, 5) is 12.4. The Labute approximate surface area is 182 Å². The predicted octanol–water partition coefficient (Wildman–Crippen LogP) is 5.57. The van der Waals surface area contributed by atoms with Gasteiger partial charge in [0.15, 0.2) is 11.5 Å². The number of carbonyl (C=O) groups is 1. The first-order valence-corrected chi connectivity index (χ1v) is 10.4. The summed E-state index contributed by atoms with van der Waals surface area (Å²) in [5.74, 6) is 0.741. The Balaban J connectivity index is 1.62. The lowest BCUT2D eigenvalue weighted by Crippen LogP contribution is -2.17. The van der Waals surface area contributed by atoms with Gasteiger partial charge < -0.3 is 14.8 Å². The van der Waals surface area contributed by atoms with E-state index < -0.39 is 0 Å². The van der Waals surface area contributed by atoms with Gasteiger partial charge in [-0.15, -0.1) is 0 Å². The molecule has 1 fully saturated rings. The van der Waals surface area contributed by atoms with E-state index in [-0.39, 0.29) is 5.91 Å². The van der Waals surface area contributed by atoms with Crippen LogP contribution < -0.4 is 14.8 Å². The van der Waals surface area contributed by atoms with E-state index in [2.05, 4.69) is 23.5 Å². The second-order valence-corrected chi connectivity index (χ2v) is 8.44. The molecular formula is C22H16ClNO3S2. The maximum absolute atomic E-state index is 11.9. The molecule has 1 saturated heterocycles. The molecule has 0 aromatic heterocycles. The number of rotatable bonds is 5. The maximum atomic E-state index is 11.9. The number of fused-ring (bicyclic) bond motifs is 1. The topological polar surface area (TPSA) is 47.6 Å². The predicted molar refractivity (Wildman–Crippen MR) is 123 cm³/mol. The molecule has 4 rings (SSSR count). The SMILES string of the molecule is COc1cc(/C=C2\SC(=S)NC2=O)cc(Cl)c1OCc1cccc2ccccc12. The lowest BCUT2D eigenvalue weighted by molar-refractivity contribution is -0.115. The molecule has 29 heavy (non-hydrogen) atoms. The van der Waals surface area contributed by atoms with Gasteiger partial charge >= 0.3 is 0 Å². The van der Waals surface area contributed by atoms with Crippen LogP contribution in [-0.4, -0.2) is 17.3 Å². The highest BCUT2D eigenvalue weighted by molar-refractivity contribution is 8.26. The van der Waals surface area contributed by atoms with Crippen LogP contribution in [0.25, 0.3) is 16.8 Å². The minimum absolute atomic E-state index is 0.216. The second-order valence-electron chi connectivity index (χ2n) is 6.31. The zero-order valence-electron chi connectivity index (χ0n) is 15.4. The molecule has 146 valence electrons. The van der Waals surface area contributed by atoms with Crippen LogP contribution in [0.2, 0.25) is 5.02 Å². The summed E-state index contributed by atoms with van der Waals surface area (Å²) in [6, 6.07) is 17.8. The van der Waals surface area contributed by atoms with E-state index >= 15 is 0 Å². The molecular weight excluding hydrogens is 426 g/mol. The van der Waals surface area contributed by atoms with Gasteiger partial charge in [-0.3, -0.25) is 4.79 Å². The fourth-order valence-corrected chi connectivity index (χ4v) is 4.42. The third kappa shape index (κ3) is 4.24. The molecule has 4 nitrogen and oxygen atoms in total. The van der Waals surface area contributed by atoms with Crippen LogP contribution in [0, 0.1) is 0 Å². The van der Waals surface area contributed by atoms with Gasteiger partial charge in [0.1, 0.15) is 10.9 Å². The Morgan fingerprint density at radius 3 is 2.72 bits per heavy atom. The summed E-state index contributed by atoms with van der Waals surface area (Å²) in [6.45, 7) is 0.352. The quantitative estimate of drug-likeness (QED) is 0.414. The third-order valence-corrected chi connectivity index (χ3v) is 5.89. The number of benzene rings is 3. The van der Waals surface area contributed by atoms with Crippen LogP contribution in [0.1, 0.15) is 11.1 Å².